The van der Waals surface area contributed by atoms with Crippen LogP contribution in [0.1, 0.15) is 41.6 Å². The van der Waals surface area contributed by atoms with E-state index in [9.17, 15) is 9.59 Å². The third-order valence-corrected chi connectivity index (χ3v) is 7.58. The Labute approximate surface area is 208 Å². The minimum atomic E-state index is -0.153. The Balaban J connectivity index is 1.22. The molecule has 2 aromatic carbocycles. The minimum absolute atomic E-state index is 0.0469. The number of ether oxygens (including phenoxy) is 2. The molecule has 1 unspecified atom stereocenters. The third-order valence-electron chi connectivity index (χ3n) is 7.09. The summed E-state index contributed by atoms with van der Waals surface area (Å²) in [6, 6.07) is 13.1. The zero-order chi connectivity index (χ0) is 23.5. The third kappa shape index (κ3) is 5.08. The summed E-state index contributed by atoms with van der Waals surface area (Å²) in [6.07, 6.45) is 4.52. The van der Waals surface area contributed by atoms with Crippen molar-refractivity contribution in [2.75, 3.05) is 33.0 Å². The molecule has 1 aliphatic carbocycles. The number of hydrogen-bond acceptors (Lipinski definition) is 5. The number of nitrogens with one attached hydrogen (secondary N) is 1. The number of carbonyl (C=O) groups is 2. The molecule has 0 aromatic heterocycles. The van der Waals surface area contributed by atoms with Gasteiger partial charge in [-0.25, -0.2) is 0 Å². The molecule has 2 aliphatic heterocycles. The smallest absolute Gasteiger partial charge is 0.253 e. The summed E-state index contributed by atoms with van der Waals surface area (Å²) in [7, 11) is 0. The Morgan fingerprint density at radius 3 is 2.53 bits per heavy atom. The van der Waals surface area contributed by atoms with Crippen molar-refractivity contribution in [2.24, 2.45) is 5.92 Å². The minimum Gasteiger partial charge on any atom is -0.454 e. The monoisotopic (exact) mass is 527 g/mol. The highest BCUT2D eigenvalue weighted by atomic mass is 79.9. The first kappa shape index (κ1) is 23.2. The van der Waals surface area contributed by atoms with E-state index in [1.165, 1.54) is 12.8 Å². The van der Waals surface area contributed by atoms with Crippen LogP contribution in [0.25, 0.3) is 0 Å². The van der Waals surface area contributed by atoms with E-state index in [0.717, 1.165) is 34.4 Å². The van der Waals surface area contributed by atoms with E-state index >= 15 is 0 Å². The maximum atomic E-state index is 13.4. The van der Waals surface area contributed by atoms with Crippen LogP contribution in [0.4, 0.5) is 0 Å². The molecule has 0 bridgehead atoms. The molecule has 2 fully saturated rings. The Morgan fingerprint density at radius 1 is 1.00 bits per heavy atom. The topological polar surface area (TPSA) is 71.1 Å². The number of rotatable bonds is 6. The molecule has 5 rings (SSSR count). The van der Waals surface area contributed by atoms with Gasteiger partial charge in [-0.05, 0) is 54.7 Å². The normalized spacial score (nSPS) is 19.3. The van der Waals surface area contributed by atoms with Gasteiger partial charge in [-0.3, -0.25) is 14.5 Å². The number of halogens is 1. The van der Waals surface area contributed by atoms with Crippen LogP contribution in [-0.4, -0.2) is 60.6 Å². The van der Waals surface area contributed by atoms with Crippen LogP contribution in [0.15, 0.2) is 46.9 Å². The maximum Gasteiger partial charge on any atom is 0.253 e. The quantitative estimate of drug-likeness (QED) is 0.618. The number of piperazine rings is 1. The van der Waals surface area contributed by atoms with Gasteiger partial charge in [-0.15, -0.1) is 0 Å². The van der Waals surface area contributed by atoms with Gasteiger partial charge in [0.15, 0.2) is 11.5 Å². The summed E-state index contributed by atoms with van der Waals surface area (Å²) in [6.45, 7) is 3.37. The number of hydrogen-bond donors (Lipinski definition) is 1. The fourth-order valence-corrected chi connectivity index (χ4v) is 5.70. The van der Waals surface area contributed by atoms with Gasteiger partial charge < -0.3 is 19.7 Å². The van der Waals surface area contributed by atoms with Gasteiger partial charge >= 0.3 is 0 Å². The maximum absolute atomic E-state index is 13.4. The molecular weight excluding hydrogens is 498 g/mol. The lowest BCUT2D eigenvalue weighted by molar-refractivity contribution is -0.129. The van der Waals surface area contributed by atoms with Gasteiger partial charge in [0.1, 0.15) is 0 Å². The molecule has 1 atom stereocenters. The van der Waals surface area contributed by atoms with Crippen molar-refractivity contribution in [1.82, 2.24) is 15.1 Å². The molecule has 1 saturated carbocycles. The van der Waals surface area contributed by atoms with Crippen molar-refractivity contribution in [2.45, 2.75) is 38.3 Å². The second-order valence-electron chi connectivity index (χ2n) is 9.23. The average molecular weight is 528 g/mol. The van der Waals surface area contributed by atoms with Gasteiger partial charge in [-0.1, -0.05) is 40.9 Å². The average Bonchev–Trinajstić information content (AvgIpc) is 3.55. The molecule has 2 heterocycles. The molecule has 180 valence electrons. The molecule has 2 amide bonds. The Morgan fingerprint density at radius 2 is 1.76 bits per heavy atom. The van der Waals surface area contributed by atoms with Crippen molar-refractivity contribution in [1.29, 1.82) is 0 Å². The molecule has 34 heavy (non-hydrogen) atoms. The van der Waals surface area contributed by atoms with Gasteiger partial charge in [0.2, 0.25) is 12.7 Å². The largest absolute Gasteiger partial charge is 0.454 e. The van der Waals surface area contributed by atoms with Gasteiger partial charge in [0.05, 0.1) is 6.04 Å². The highest BCUT2D eigenvalue weighted by Crippen LogP contribution is 2.33. The Kier molecular flexibility index (Phi) is 7.06. The summed E-state index contributed by atoms with van der Waals surface area (Å²) in [5.41, 5.74) is 1.68. The van der Waals surface area contributed by atoms with Crippen LogP contribution in [0.2, 0.25) is 0 Å². The van der Waals surface area contributed by atoms with Crippen LogP contribution < -0.4 is 14.8 Å². The van der Waals surface area contributed by atoms with Crippen LogP contribution >= 0.6 is 15.9 Å². The van der Waals surface area contributed by atoms with Gasteiger partial charge in [0.25, 0.3) is 5.91 Å². The summed E-state index contributed by atoms with van der Waals surface area (Å²) in [4.78, 5) is 30.5. The van der Waals surface area contributed by atoms with Gasteiger partial charge in [0, 0.05) is 42.8 Å². The van der Waals surface area contributed by atoms with Crippen molar-refractivity contribution < 1.29 is 19.1 Å². The highest BCUT2D eigenvalue weighted by Gasteiger charge is 2.37. The fourth-order valence-electron chi connectivity index (χ4n) is 5.30. The predicted octanol–water partition coefficient (Wildman–Crippen LogP) is 3.81. The molecule has 0 spiro atoms. The fraction of sp³-hybridized carbons (Fsp3) is 0.462. The zero-order valence-electron chi connectivity index (χ0n) is 19.2. The first-order valence-electron chi connectivity index (χ1n) is 12.0. The number of amides is 2. The molecule has 1 N–H and O–H groups in total. The Bertz CT molecular complexity index is 1050. The molecule has 1 saturated heterocycles. The van der Waals surface area contributed by atoms with E-state index in [1.54, 1.807) is 0 Å². The van der Waals surface area contributed by atoms with E-state index in [1.807, 2.05) is 47.4 Å². The van der Waals surface area contributed by atoms with Crippen LogP contribution in [-0.2, 0) is 11.3 Å². The van der Waals surface area contributed by atoms with Crippen LogP contribution in [0, 0.1) is 5.92 Å². The second-order valence-corrected chi connectivity index (χ2v) is 10.1. The lowest BCUT2D eigenvalue weighted by atomic mass is 9.94. The zero-order valence-corrected chi connectivity index (χ0v) is 20.8. The van der Waals surface area contributed by atoms with E-state index < -0.39 is 0 Å². The number of nitrogens with zero attached hydrogens (tertiary/aromatic N) is 2. The summed E-state index contributed by atoms with van der Waals surface area (Å²) in [5, 5.41) is 3.17. The molecule has 8 heteroatoms. The van der Waals surface area contributed by atoms with Crippen LogP contribution in [0.5, 0.6) is 11.5 Å². The van der Waals surface area contributed by atoms with Crippen LogP contribution in [0.3, 0.4) is 0 Å². The predicted molar refractivity (Wildman–Crippen MR) is 132 cm³/mol. The Hall–Kier alpha value is -2.58. The number of fused-ring (bicyclic) bond motifs is 1. The van der Waals surface area contributed by atoms with E-state index in [4.69, 9.17) is 9.47 Å². The summed E-state index contributed by atoms with van der Waals surface area (Å²) >= 11 is 3.45. The lowest BCUT2D eigenvalue weighted by Crippen LogP contribution is -2.57. The van der Waals surface area contributed by atoms with E-state index in [0.29, 0.717) is 44.2 Å². The van der Waals surface area contributed by atoms with Crippen molar-refractivity contribution >= 4 is 27.7 Å². The molecule has 7 nitrogen and oxygen atoms in total. The molecule has 2 aromatic rings. The molecule has 0 radical (unpaired) electrons. The highest BCUT2D eigenvalue weighted by molar-refractivity contribution is 9.10. The lowest BCUT2D eigenvalue weighted by Gasteiger charge is -2.40. The summed E-state index contributed by atoms with van der Waals surface area (Å²) < 4.78 is 11.7. The molecular formula is C26H30BrN3O4. The summed E-state index contributed by atoms with van der Waals surface area (Å²) in [5.74, 6) is 1.96. The van der Waals surface area contributed by atoms with Crippen molar-refractivity contribution in [3.63, 3.8) is 0 Å². The van der Waals surface area contributed by atoms with Crippen molar-refractivity contribution in [3.05, 3.63) is 58.1 Å². The standard InChI is InChI=1S/C26H30BrN3O4/c27-21-7-3-6-20(15-21)26(32)30-12-10-29(11-13-30)24(19-4-1-2-5-19)25(31)28-16-18-8-9-22-23(14-18)34-17-33-22/h3,6-9,14-15,19,24H,1-2,4-5,10-13,16-17H2,(H,28,31). The molecule has 3 aliphatic rings. The SMILES string of the molecule is O=C(NCc1ccc2c(c1)OCO2)C(C1CCCC1)N1CCN(C(=O)c2cccc(Br)c2)CC1. The van der Waals surface area contributed by atoms with E-state index in [2.05, 4.69) is 26.1 Å². The van der Waals surface area contributed by atoms with Gasteiger partial charge in [-0.2, -0.15) is 0 Å². The van der Waals surface area contributed by atoms with Crippen molar-refractivity contribution in [3.8, 4) is 11.5 Å². The number of carbonyl (C=O) groups excluding carboxylic acids is 2. The van der Waals surface area contributed by atoms with E-state index in [-0.39, 0.29) is 24.6 Å². The first-order chi connectivity index (χ1) is 16.6. The number of benzene rings is 2. The second kappa shape index (κ2) is 10.4. The first-order valence-corrected chi connectivity index (χ1v) is 12.8.